The van der Waals surface area contributed by atoms with E-state index in [1.54, 1.807) is 0 Å². The molecule has 0 bridgehead atoms. The van der Waals surface area contributed by atoms with Crippen LogP contribution in [0.15, 0.2) is 11.8 Å². The Morgan fingerprint density at radius 1 is 1.31 bits per heavy atom. The molecule has 2 nitrogen and oxygen atoms in total. The molecule has 16 heavy (non-hydrogen) atoms. The number of hydrogen-bond donors (Lipinski definition) is 1. The van der Waals surface area contributed by atoms with Crippen LogP contribution >= 0.6 is 0 Å². The summed E-state index contributed by atoms with van der Waals surface area (Å²) < 4.78 is 0. The Labute approximate surface area is 98.7 Å². The second-order valence-corrected chi connectivity index (χ2v) is 6.36. The number of carbonyl (C=O) groups excluding carboxylic acids is 1. The van der Waals surface area contributed by atoms with E-state index in [2.05, 4.69) is 34.6 Å². The van der Waals surface area contributed by atoms with Crippen molar-refractivity contribution < 1.29 is 9.90 Å². The predicted octanol–water partition coefficient (Wildman–Crippen LogP) is 3.87. The average Bonchev–Trinajstić information content (AvgIpc) is 2.08. The lowest BCUT2D eigenvalue weighted by Crippen LogP contribution is -2.45. The summed E-state index contributed by atoms with van der Waals surface area (Å²) in [4.78, 5) is 11.8. The molecule has 0 aromatic carbocycles. The van der Waals surface area contributed by atoms with E-state index in [1.807, 2.05) is 0 Å². The van der Waals surface area contributed by atoms with Gasteiger partial charge < -0.3 is 5.11 Å². The van der Waals surface area contributed by atoms with E-state index in [1.165, 1.54) is 6.26 Å². The maximum atomic E-state index is 11.8. The molecule has 1 aliphatic rings. The fourth-order valence-corrected chi connectivity index (χ4v) is 3.71. The maximum Gasteiger partial charge on any atom is 0.134 e. The van der Waals surface area contributed by atoms with Crippen LogP contribution in [0.4, 0.5) is 0 Å². The molecule has 92 valence electrons. The van der Waals surface area contributed by atoms with Gasteiger partial charge in [0.1, 0.15) is 5.78 Å². The minimum atomic E-state index is -0.0522. The summed E-state index contributed by atoms with van der Waals surface area (Å²) in [5, 5.41) is 9.36. The molecular weight excluding hydrogens is 200 g/mol. The van der Waals surface area contributed by atoms with Crippen molar-refractivity contribution in [3.8, 4) is 0 Å². The van der Waals surface area contributed by atoms with Crippen molar-refractivity contribution in [1.82, 2.24) is 0 Å². The fourth-order valence-electron chi connectivity index (χ4n) is 3.71. The first-order valence-electron chi connectivity index (χ1n) is 6.09. The zero-order valence-corrected chi connectivity index (χ0v) is 11.1. The summed E-state index contributed by atoms with van der Waals surface area (Å²) >= 11 is 0. The zero-order valence-electron chi connectivity index (χ0n) is 11.1. The molecule has 0 saturated heterocycles. The van der Waals surface area contributed by atoms with Crippen LogP contribution < -0.4 is 0 Å². The third kappa shape index (κ3) is 2.31. The molecule has 1 N–H and O–H groups in total. The van der Waals surface area contributed by atoms with Crippen molar-refractivity contribution in [3.63, 3.8) is 0 Å². The molecule has 0 unspecified atom stereocenters. The van der Waals surface area contributed by atoms with Gasteiger partial charge in [0.05, 0.1) is 6.26 Å². The van der Waals surface area contributed by atoms with E-state index < -0.39 is 0 Å². The minimum Gasteiger partial charge on any atom is -0.516 e. The highest BCUT2D eigenvalue weighted by molar-refractivity contribution is 5.81. The largest absolute Gasteiger partial charge is 0.516 e. The maximum absolute atomic E-state index is 11.8. The highest BCUT2D eigenvalue weighted by atomic mass is 16.2. The van der Waals surface area contributed by atoms with Gasteiger partial charge in [-0.25, -0.2) is 0 Å². The third-order valence-electron chi connectivity index (χ3n) is 3.81. The standard InChI is InChI=1S/C14H24O2/c1-6-10(9-15)12-13(2,3)7-11(16)8-14(12,4)5/h9,12,15H,6-8H2,1-5H3. The Kier molecular flexibility index (Phi) is 3.51. The van der Waals surface area contributed by atoms with E-state index in [9.17, 15) is 9.90 Å². The van der Waals surface area contributed by atoms with Gasteiger partial charge in [0.15, 0.2) is 0 Å². The highest BCUT2D eigenvalue weighted by Gasteiger charge is 2.48. The molecule has 1 rings (SSSR count). The van der Waals surface area contributed by atoms with Gasteiger partial charge in [-0.2, -0.15) is 0 Å². The van der Waals surface area contributed by atoms with Crippen molar-refractivity contribution in [2.75, 3.05) is 0 Å². The summed E-state index contributed by atoms with van der Waals surface area (Å²) in [6, 6.07) is 0. The number of hydrogen-bond acceptors (Lipinski definition) is 2. The second-order valence-electron chi connectivity index (χ2n) is 6.36. The molecule has 2 heteroatoms. The van der Waals surface area contributed by atoms with Crippen molar-refractivity contribution >= 4 is 5.78 Å². The number of aliphatic hydroxyl groups excluding tert-OH is 1. The molecular formula is C14H24O2. The van der Waals surface area contributed by atoms with Gasteiger partial charge in [0, 0.05) is 12.8 Å². The Morgan fingerprint density at radius 3 is 2.06 bits per heavy atom. The topological polar surface area (TPSA) is 37.3 Å². The summed E-state index contributed by atoms with van der Waals surface area (Å²) in [7, 11) is 0. The normalized spacial score (nSPS) is 25.8. The van der Waals surface area contributed by atoms with Gasteiger partial charge in [-0.3, -0.25) is 4.79 Å². The minimum absolute atomic E-state index is 0.0522. The van der Waals surface area contributed by atoms with Gasteiger partial charge in [0.2, 0.25) is 0 Å². The van der Waals surface area contributed by atoms with Crippen LogP contribution in [0.3, 0.4) is 0 Å². The quantitative estimate of drug-likeness (QED) is 0.723. The zero-order chi connectivity index (χ0) is 12.6. The van der Waals surface area contributed by atoms with E-state index in [0.29, 0.717) is 18.6 Å². The van der Waals surface area contributed by atoms with Crippen LogP contribution in [0.2, 0.25) is 0 Å². The number of aliphatic hydroxyl groups is 1. The first-order valence-corrected chi connectivity index (χ1v) is 6.09. The average molecular weight is 224 g/mol. The number of ketones is 1. The predicted molar refractivity (Wildman–Crippen MR) is 66.3 cm³/mol. The van der Waals surface area contributed by atoms with E-state index in [4.69, 9.17) is 0 Å². The van der Waals surface area contributed by atoms with Crippen LogP contribution in [-0.4, -0.2) is 10.9 Å². The number of allylic oxidation sites excluding steroid dienone is 1. The Balaban J connectivity index is 3.16. The van der Waals surface area contributed by atoms with Gasteiger partial charge in [-0.15, -0.1) is 0 Å². The van der Waals surface area contributed by atoms with E-state index in [0.717, 1.165) is 12.0 Å². The molecule has 0 amide bonds. The summed E-state index contributed by atoms with van der Waals surface area (Å²) in [5.74, 6) is 0.632. The van der Waals surface area contributed by atoms with Crippen molar-refractivity contribution in [3.05, 3.63) is 11.8 Å². The van der Waals surface area contributed by atoms with Crippen molar-refractivity contribution in [1.29, 1.82) is 0 Å². The Hall–Kier alpha value is -0.790. The Bertz CT molecular complexity index is 291. The first kappa shape index (κ1) is 13.3. The first-order chi connectivity index (χ1) is 7.24. The van der Waals surface area contributed by atoms with E-state index >= 15 is 0 Å². The fraction of sp³-hybridized carbons (Fsp3) is 0.786. The lowest BCUT2D eigenvalue weighted by molar-refractivity contribution is -0.130. The third-order valence-corrected chi connectivity index (χ3v) is 3.81. The SMILES string of the molecule is CCC(=CO)C1C(C)(C)CC(=O)CC1(C)C. The van der Waals surface area contributed by atoms with Gasteiger partial charge >= 0.3 is 0 Å². The molecule has 0 heterocycles. The van der Waals surface area contributed by atoms with Gasteiger partial charge in [-0.05, 0) is 28.7 Å². The molecule has 0 aromatic rings. The Morgan fingerprint density at radius 2 is 1.75 bits per heavy atom. The molecule has 0 atom stereocenters. The molecule has 1 saturated carbocycles. The molecule has 0 aromatic heterocycles. The number of Topliss-reactive ketones (excluding diaryl/α,β-unsaturated/α-hetero) is 1. The van der Waals surface area contributed by atoms with E-state index in [-0.39, 0.29) is 16.7 Å². The summed E-state index contributed by atoms with van der Waals surface area (Å²) in [5.41, 5.74) is 0.967. The molecule has 0 aliphatic heterocycles. The molecule has 1 fully saturated rings. The van der Waals surface area contributed by atoms with Gasteiger partial charge in [-0.1, -0.05) is 34.6 Å². The number of rotatable bonds is 2. The molecule has 0 radical (unpaired) electrons. The van der Waals surface area contributed by atoms with Crippen LogP contribution in [0.25, 0.3) is 0 Å². The smallest absolute Gasteiger partial charge is 0.134 e. The lowest BCUT2D eigenvalue weighted by atomic mass is 9.54. The number of carbonyl (C=O) groups is 1. The molecule has 0 spiro atoms. The van der Waals surface area contributed by atoms with Crippen LogP contribution in [-0.2, 0) is 4.79 Å². The summed E-state index contributed by atoms with van der Waals surface area (Å²) in [6.07, 6.45) is 3.35. The second kappa shape index (κ2) is 4.23. The monoisotopic (exact) mass is 224 g/mol. The lowest BCUT2D eigenvalue weighted by Gasteiger charge is -2.49. The highest BCUT2D eigenvalue weighted by Crippen LogP contribution is 2.53. The van der Waals surface area contributed by atoms with Crippen LogP contribution in [0, 0.1) is 16.7 Å². The van der Waals surface area contributed by atoms with Gasteiger partial charge in [0.25, 0.3) is 0 Å². The van der Waals surface area contributed by atoms with Crippen LogP contribution in [0.5, 0.6) is 0 Å². The van der Waals surface area contributed by atoms with Crippen molar-refractivity contribution in [2.24, 2.45) is 16.7 Å². The molecule has 1 aliphatic carbocycles. The summed E-state index contributed by atoms with van der Waals surface area (Å²) in [6.45, 7) is 10.6. The van der Waals surface area contributed by atoms with Crippen LogP contribution in [0.1, 0.15) is 53.9 Å². The van der Waals surface area contributed by atoms with Crippen molar-refractivity contribution in [2.45, 2.75) is 53.9 Å².